The summed E-state index contributed by atoms with van der Waals surface area (Å²) >= 11 is 0. The maximum atomic E-state index is 11.9. The molecule has 0 aliphatic carbocycles. The van der Waals surface area contributed by atoms with E-state index in [-0.39, 0.29) is 23.0 Å². The van der Waals surface area contributed by atoms with E-state index in [1.54, 1.807) is 0 Å². The summed E-state index contributed by atoms with van der Waals surface area (Å²) in [5.41, 5.74) is 1.78. The molecule has 0 unspecified atom stereocenters. The van der Waals surface area contributed by atoms with Gasteiger partial charge in [0.25, 0.3) is 0 Å². The average molecular weight is 519 g/mol. The summed E-state index contributed by atoms with van der Waals surface area (Å²) in [6.07, 6.45) is 3.00. The second-order valence-corrected chi connectivity index (χ2v) is 11.5. The predicted molar refractivity (Wildman–Crippen MR) is 136 cm³/mol. The molecule has 0 bridgehead atoms. The van der Waals surface area contributed by atoms with Gasteiger partial charge in [0.1, 0.15) is 23.2 Å². The molecular formula is C29H28BrO2P. The Balaban J connectivity index is 0.00000306. The Bertz CT molecular complexity index is 1050. The van der Waals surface area contributed by atoms with E-state index in [1.807, 2.05) is 18.2 Å². The second kappa shape index (κ2) is 11.9. The van der Waals surface area contributed by atoms with Crippen LogP contribution in [-0.4, -0.2) is 19.2 Å². The molecule has 0 aliphatic heterocycles. The Hall–Kier alpha value is -2.74. The summed E-state index contributed by atoms with van der Waals surface area (Å²) in [5, 5.41) is 4.21. The molecule has 0 spiro atoms. The monoisotopic (exact) mass is 518 g/mol. The summed E-state index contributed by atoms with van der Waals surface area (Å²) in [7, 11) is -0.395. The largest absolute Gasteiger partial charge is 1.00 e. The number of carbonyl (C=O) groups is 1. The van der Waals surface area contributed by atoms with Crippen LogP contribution in [0.2, 0.25) is 0 Å². The molecule has 0 N–H and O–H groups in total. The Morgan fingerprint density at radius 3 is 1.64 bits per heavy atom. The lowest BCUT2D eigenvalue weighted by atomic mass is 10.1. The third-order valence-electron chi connectivity index (χ3n) is 5.90. The van der Waals surface area contributed by atoms with Crippen molar-refractivity contribution in [2.24, 2.45) is 0 Å². The van der Waals surface area contributed by atoms with Crippen LogP contribution in [0.4, 0.5) is 0 Å². The first-order valence-corrected chi connectivity index (χ1v) is 12.9. The van der Waals surface area contributed by atoms with Crippen molar-refractivity contribution < 1.29 is 26.5 Å². The van der Waals surface area contributed by atoms with Gasteiger partial charge in [-0.25, -0.2) is 4.79 Å². The minimum Gasteiger partial charge on any atom is -1.00 e. The molecule has 4 aromatic carbocycles. The van der Waals surface area contributed by atoms with Gasteiger partial charge < -0.3 is 21.7 Å². The van der Waals surface area contributed by atoms with E-state index in [0.29, 0.717) is 5.56 Å². The summed E-state index contributed by atoms with van der Waals surface area (Å²) < 4.78 is 4.89. The van der Waals surface area contributed by atoms with Crippen LogP contribution < -0.4 is 32.9 Å². The van der Waals surface area contributed by atoms with Gasteiger partial charge in [-0.1, -0.05) is 66.7 Å². The molecule has 0 radical (unpaired) electrons. The van der Waals surface area contributed by atoms with Gasteiger partial charge in [0.05, 0.1) is 18.8 Å². The zero-order chi connectivity index (χ0) is 22.2. The van der Waals surface area contributed by atoms with Gasteiger partial charge in [0.2, 0.25) is 0 Å². The number of benzene rings is 4. The van der Waals surface area contributed by atoms with Gasteiger partial charge in [-0.15, -0.1) is 0 Å². The van der Waals surface area contributed by atoms with Gasteiger partial charge in [0.15, 0.2) is 0 Å². The molecule has 4 aromatic rings. The molecular weight excluding hydrogens is 491 g/mol. The topological polar surface area (TPSA) is 26.3 Å². The van der Waals surface area contributed by atoms with Crippen LogP contribution in [0, 0.1) is 0 Å². The molecule has 0 amide bonds. The van der Waals surface area contributed by atoms with Crippen LogP contribution in [0.25, 0.3) is 0 Å². The number of ether oxygens (including phenoxy) is 1. The Morgan fingerprint density at radius 2 is 1.18 bits per heavy atom. The lowest BCUT2D eigenvalue weighted by Crippen LogP contribution is -3.00. The van der Waals surface area contributed by atoms with E-state index >= 15 is 0 Å². The molecule has 4 rings (SSSR count). The normalized spacial score (nSPS) is 10.8. The first-order valence-electron chi connectivity index (χ1n) is 11.0. The highest BCUT2D eigenvalue weighted by molar-refractivity contribution is 7.95. The van der Waals surface area contributed by atoms with Crippen molar-refractivity contribution in [1.29, 1.82) is 0 Å². The molecule has 0 aromatic heterocycles. The number of aryl methyl sites for hydroxylation is 1. The van der Waals surface area contributed by atoms with E-state index in [2.05, 4.69) is 97.1 Å². The van der Waals surface area contributed by atoms with Crippen LogP contribution in [0.3, 0.4) is 0 Å². The third-order valence-corrected chi connectivity index (χ3v) is 10.4. The van der Waals surface area contributed by atoms with Gasteiger partial charge in [-0.05, 0) is 66.9 Å². The molecule has 0 fully saturated rings. The fourth-order valence-electron chi connectivity index (χ4n) is 4.37. The zero-order valence-electron chi connectivity index (χ0n) is 18.7. The number of rotatable bonds is 8. The number of esters is 1. The first kappa shape index (κ1) is 24.9. The molecule has 4 heteroatoms. The van der Waals surface area contributed by atoms with Gasteiger partial charge in [0, 0.05) is 0 Å². The summed E-state index contributed by atoms with van der Waals surface area (Å²) in [6.45, 7) is 0. The lowest BCUT2D eigenvalue weighted by Gasteiger charge is -2.27. The lowest BCUT2D eigenvalue weighted by molar-refractivity contribution is -0.0000208. The van der Waals surface area contributed by atoms with Gasteiger partial charge in [-0.2, -0.15) is 0 Å². The minimum absolute atomic E-state index is 0. The van der Waals surface area contributed by atoms with Crippen molar-refractivity contribution in [3.8, 4) is 0 Å². The number of methoxy groups -OCH3 is 1. The number of hydrogen-bond acceptors (Lipinski definition) is 2. The second-order valence-electron chi connectivity index (χ2n) is 7.84. The van der Waals surface area contributed by atoms with Crippen molar-refractivity contribution in [1.82, 2.24) is 0 Å². The fourth-order valence-corrected chi connectivity index (χ4v) is 8.72. The molecule has 0 atom stereocenters. The van der Waals surface area contributed by atoms with Crippen LogP contribution in [-0.2, 0) is 11.2 Å². The van der Waals surface area contributed by atoms with Crippen molar-refractivity contribution in [2.45, 2.75) is 12.8 Å². The van der Waals surface area contributed by atoms with Crippen LogP contribution in [0.15, 0.2) is 115 Å². The van der Waals surface area contributed by atoms with E-state index < -0.39 is 7.26 Å². The minimum atomic E-state index is -1.82. The highest BCUT2D eigenvalue weighted by Crippen LogP contribution is 2.55. The summed E-state index contributed by atoms with van der Waals surface area (Å²) in [6, 6.07) is 40.7. The molecule has 2 nitrogen and oxygen atoms in total. The molecule has 0 heterocycles. The highest BCUT2D eigenvalue weighted by Gasteiger charge is 2.44. The van der Waals surface area contributed by atoms with E-state index in [9.17, 15) is 4.79 Å². The maximum absolute atomic E-state index is 11.9. The van der Waals surface area contributed by atoms with E-state index in [4.69, 9.17) is 4.74 Å². The van der Waals surface area contributed by atoms with E-state index in [0.717, 1.165) is 19.0 Å². The number of hydrogen-bond donors (Lipinski definition) is 0. The highest BCUT2D eigenvalue weighted by atomic mass is 79.9. The molecule has 168 valence electrons. The zero-order valence-corrected chi connectivity index (χ0v) is 21.2. The molecule has 33 heavy (non-hydrogen) atoms. The standard InChI is InChI=1S/C29H28O2P.BrH/c1-31-29(30)25-15-11-13-24(23-25)14-12-22-32(26-16-5-2-6-17-26,27-18-7-3-8-19-27)28-20-9-4-10-21-28;/h2-11,13,15-21,23H,12,14,22H2,1H3;1H/q+1;/p-1. The van der Waals surface area contributed by atoms with Gasteiger partial charge in [-0.3, -0.25) is 0 Å². The SMILES string of the molecule is COC(=O)c1cccc(CCC[P+](c2ccccc2)(c2ccccc2)c2ccccc2)c1.[Br-]. The molecule has 0 aliphatic rings. The van der Waals surface area contributed by atoms with Gasteiger partial charge >= 0.3 is 5.97 Å². The smallest absolute Gasteiger partial charge is 0.337 e. The van der Waals surface area contributed by atoms with E-state index in [1.165, 1.54) is 28.6 Å². The van der Waals surface area contributed by atoms with Crippen molar-refractivity contribution >= 4 is 29.1 Å². The predicted octanol–water partition coefficient (Wildman–Crippen LogP) is 2.40. The number of carbonyl (C=O) groups excluding carboxylic acids is 1. The van der Waals surface area contributed by atoms with Crippen LogP contribution >= 0.6 is 7.26 Å². The quantitative estimate of drug-likeness (QED) is 0.264. The van der Waals surface area contributed by atoms with Crippen LogP contribution in [0.1, 0.15) is 22.3 Å². The van der Waals surface area contributed by atoms with Crippen LogP contribution in [0.5, 0.6) is 0 Å². The Morgan fingerprint density at radius 1 is 0.697 bits per heavy atom. The van der Waals surface area contributed by atoms with Crippen molar-refractivity contribution in [2.75, 3.05) is 13.3 Å². The van der Waals surface area contributed by atoms with Crippen molar-refractivity contribution in [3.05, 3.63) is 126 Å². The fraction of sp³-hybridized carbons (Fsp3) is 0.138. The molecule has 0 saturated heterocycles. The molecule has 0 saturated carbocycles. The Labute approximate surface area is 207 Å². The number of halogens is 1. The summed E-state index contributed by atoms with van der Waals surface area (Å²) in [5.74, 6) is -0.286. The first-order chi connectivity index (χ1) is 15.7. The average Bonchev–Trinajstić information content (AvgIpc) is 2.88. The maximum Gasteiger partial charge on any atom is 0.337 e. The Kier molecular flexibility index (Phi) is 9.00. The third kappa shape index (κ3) is 5.61. The van der Waals surface area contributed by atoms with Crippen molar-refractivity contribution in [3.63, 3.8) is 0 Å². The summed E-state index contributed by atoms with van der Waals surface area (Å²) in [4.78, 5) is 11.9.